The van der Waals surface area contributed by atoms with Crippen LogP contribution in [0.4, 0.5) is 0 Å². The molecule has 23 heavy (non-hydrogen) atoms. The predicted octanol–water partition coefficient (Wildman–Crippen LogP) is 0.505. The van der Waals surface area contributed by atoms with Gasteiger partial charge in [-0.25, -0.2) is 8.42 Å². The highest BCUT2D eigenvalue weighted by Crippen LogP contribution is 2.16. The minimum atomic E-state index is -3.40. The highest BCUT2D eigenvalue weighted by molar-refractivity contribution is 7.91. The molecule has 0 aliphatic carbocycles. The van der Waals surface area contributed by atoms with Crippen LogP contribution in [0.3, 0.4) is 0 Å². The van der Waals surface area contributed by atoms with Crippen LogP contribution in [0.2, 0.25) is 0 Å². The molecule has 1 aliphatic rings. The number of amides is 1. The van der Waals surface area contributed by atoms with Crippen molar-refractivity contribution >= 4 is 15.7 Å². The second-order valence-corrected chi connectivity index (χ2v) is 7.85. The summed E-state index contributed by atoms with van der Waals surface area (Å²) in [6, 6.07) is 6.39. The number of rotatable bonds is 7. The highest BCUT2D eigenvalue weighted by Gasteiger charge is 2.20. The van der Waals surface area contributed by atoms with Gasteiger partial charge in [-0.15, -0.1) is 0 Å². The molecule has 1 aromatic rings. The Morgan fingerprint density at radius 1 is 1.26 bits per heavy atom. The first-order valence-electron chi connectivity index (χ1n) is 8.07. The molecule has 128 valence electrons. The fourth-order valence-electron chi connectivity index (χ4n) is 2.62. The van der Waals surface area contributed by atoms with Crippen molar-refractivity contribution in [2.45, 2.75) is 18.2 Å². The third-order valence-corrected chi connectivity index (χ3v) is 5.78. The molecule has 1 heterocycles. The molecule has 0 atom stereocenters. The topological polar surface area (TPSA) is 78.5 Å². The van der Waals surface area contributed by atoms with Gasteiger partial charge in [-0.3, -0.25) is 4.79 Å². The van der Waals surface area contributed by atoms with Crippen LogP contribution in [-0.2, 0) is 9.84 Å². The summed E-state index contributed by atoms with van der Waals surface area (Å²) < 4.78 is 24.1. The van der Waals surface area contributed by atoms with E-state index in [9.17, 15) is 13.2 Å². The van der Waals surface area contributed by atoms with E-state index in [1.807, 2.05) is 0 Å². The van der Waals surface area contributed by atoms with Gasteiger partial charge in [0, 0.05) is 32.7 Å². The van der Waals surface area contributed by atoms with E-state index in [-0.39, 0.29) is 22.1 Å². The number of carbonyl (C=O) groups excluding carboxylic acids is 1. The number of sulfone groups is 1. The predicted molar refractivity (Wildman–Crippen MR) is 90.4 cm³/mol. The van der Waals surface area contributed by atoms with Gasteiger partial charge in [0.2, 0.25) is 0 Å². The van der Waals surface area contributed by atoms with Crippen LogP contribution in [-0.4, -0.2) is 64.2 Å². The van der Waals surface area contributed by atoms with Crippen LogP contribution in [0.1, 0.15) is 23.7 Å². The molecule has 0 aromatic heterocycles. The summed E-state index contributed by atoms with van der Waals surface area (Å²) in [7, 11) is -3.40. The Bertz CT molecular complexity index is 625. The van der Waals surface area contributed by atoms with Crippen molar-refractivity contribution in [2.75, 3.05) is 45.0 Å². The number of benzene rings is 1. The summed E-state index contributed by atoms with van der Waals surface area (Å²) in [5.41, 5.74) is 0.233. The zero-order valence-electron chi connectivity index (χ0n) is 13.5. The maximum absolute atomic E-state index is 12.3. The Labute approximate surface area is 138 Å². The van der Waals surface area contributed by atoms with Gasteiger partial charge >= 0.3 is 0 Å². The standard InChI is InChI=1S/C16H25N3O3S/c1-2-23(21,22)15-7-4-3-6-14(15)16(20)18-8-5-11-19-12-9-17-10-13-19/h3-4,6-7,17H,2,5,8-13H2,1H3,(H,18,20). The lowest BCUT2D eigenvalue weighted by atomic mass is 10.2. The highest BCUT2D eigenvalue weighted by atomic mass is 32.2. The average molecular weight is 339 g/mol. The maximum atomic E-state index is 12.3. The Kier molecular flexibility index (Phi) is 6.56. The van der Waals surface area contributed by atoms with E-state index in [0.29, 0.717) is 6.54 Å². The van der Waals surface area contributed by atoms with E-state index < -0.39 is 9.84 Å². The fourth-order valence-corrected chi connectivity index (χ4v) is 3.71. The van der Waals surface area contributed by atoms with E-state index >= 15 is 0 Å². The minimum Gasteiger partial charge on any atom is -0.352 e. The van der Waals surface area contributed by atoms with Crippen LogP contribution in [0.25, 0.3) is 0 Å². The SMILES string of the molecule is CCS(=O)(=O)c1ccccc1C(=O)NCCCN1CCNCC1. The second-order valence-electron chi connectivity index (χ2n) is 5.60. The van der Waals surface area contributed by atoms with Crippen molar-refractivity contribution in [1.82, 2.24) is 15.5 Å². The molecule has 2 N–H and O–H groups in total. The number of carbonyl (C=O) groups is 1. The molecule has 1 saturated heterocycles. The number of hydrogen-bond acceptors (Lipinski definition) is 5. The Hall–Kier alpha value is -1.44. The Balaban J connectivity index is 1.88. The van der Waals surface area contributed by atoms with Crippen molar-refractivity contribution in [3.8, 4) is 0 Å². The monoisotopic (exact) mass is 339 g/mol. The summed E-state index contributed by atoms with van der Waals surface area (Å²) >= 11 is 0. The quantitative estimate of drug-likeness (QED) is 0.708. The van der Waals surface area contributed by atoms with Gasteiger partial charge in [-0.1, -0.05) is 19.1 Å². The molecule has 2 rings (SSSR count). The van der Waals surface area contributed by atoms with E-state index in [2.05, 4.69) is 15.5 Å². The molecule has 1 aliphatic heterocycles. The molecule has 6 nitrogen and oxygen atoms in total. The van der Waals surface area contributed by atoms with Gasteiger partial charge in [0.15, 0.2) is 9.84 Å². The number of nitrogens with one attached hydrogen (secondary N) is 2. The Morgan fingerprint density at radius 3 is 2.65 bits per heavy atom. The molecule has 1 fully saturated rings. The van der Waals surface area contributed by atoms with Crippen LogP contribution in [0, 0.1) is 0 Å². The summed E-state index contributed by atoms with van der Waals surface area (Å²) in [6.45, 7) is 7.15. The number of nitrogens with zero attached hydrogens (tertiary/aromatic N) is 1. The molecule has 0 saturated carbocycles. The van der Waals surface area contributed by atoms with Crippen molar-refractivity contribution in [1.29, 1.82) is 0 Å². The lowest BCUT2D eigenvalue weighted by Gasteiger charge is -2.27. The van der Waals surface area contributed by atoms with Gasteiger partial charge < -0.3 is 15.5 Å². The summed E-state index contributed by atoms with van der Waals surface area (Å²) in [5.74, 6) is -0.335. The fraction of sp³-hybridized carbons (Fsp3) is 0.562. The lowest BCUT2D eigenvalue weighted by molar-refractivity contribution is 0.0948. The molecule has 1 amide bonds. The Morgan fingerprint density at radius 2 is 1.96 bits per heavy atom. The minimum absolute atomic E-state index is 0.0136. The summed E-state index contributed by atoms with van der Waals surface area (Å²) in [5, 5.41) is 6.13. The van der Waals surface area contributed by atoms with Crippen molar-refractivity contribution in [2.24, 2.45) is 0 Å². The molecule has 0 radical (unpaired) electrons. The van der Waals surface area contributed by atoms with E-state index in [4.69, 9.17) is 0 Å². The number of hydrogen-bond donors (Lipinski definition) is 2. The third-order valence-electron chi connectivity index (χ3n) is 3.99. The largest absolute Gasteiger partial charge is 0.352 e. The first-order chi connectivity index (χ1) is 11.0. The molecule has 1 aromatic carbocycles. The third kappa shape index (κ3) is 5.02. The molecule has 0 bridgehead atoms. The second kappa shape index (κ2) is 8.42. The van der Waals surface area contributed by atoms with Gasteiger partial charge in [0.1, 0.15) is 0 Å². The average Bonchev–Trinajstić information content (AvgIpc) is 2.59. The van der Waals surface area contributed by atoms with Gasteiger partial charge in [0.05, 0.1) is 16.2 Å². The van der Waals surface area contributed by atoms with Crippen molar-refractivity contribution < 1.29 is 13.2 Å². The van der Waals surface area contributed by atoms with E-state index in [0.717, 1.165) is 39.1 Å². The first kappa shape index (κ1) is 17.9. The molecule has 7 heteroatoms. The van der Waals surface area contributed by atoms with Crippen molar-refractivity contribution in [3.63, 3.8) is 0 Å². The summed E-state index contributed by atoms with van der Waals surface area (Å²) in [6.07, 6.45) is 0.856. The zero-order chi connectivity index (χ0) is 16.7. The zero-order valence-corrected chi connectivity index (χ0v) is 14.4. The molecular weight excluding hydrogens is 314 g/mol. The van der Waals surface area contributed by atoms with Gasteiger partial charge in [-0.2, -0.15) is 0 Å². The van der Waals surface area contributed by atoms with Crippen LogP contribution in [0.5, 0.6) is 0 Å². The normalized spacial score (nSPS) is 16.2. The maximum Gasteiger partial charge on any atom is 0.252 e. The van der Waals surface area contributed by atoms with Crippen LogP contribution in [0.15, 0.2) is 29.2 Å². The first-order valence-corrected chi connectivity index (χ1v) is 9.73. The van der Waals surface area contributed by atoms with Gasteiger partial charge in [-0.05, 0) is 25.1 Å². The van der Waals surface area contributed by atoms with Crippen molar-refractivity contribution in [3.05, 3.63) is 29.8 Å². The van der Waals surface area contributed by atoms with Crippen LogP contribution >= 0.6 is 0 Å². The lowest BCUT2D eigenvalue weighted by Crippen LogP contribution is -2.44. The molecular formula is C16H25N3O3S. The van der Waals surface area contributed by atoms with Crippen LogP contribution < -0.4 is 10.6 Å². The molecule has 0 spiro atoms. The van der Waals surface area contributed by atoms with E-state index in [1.165, 1.54) is 6.07 Å². The van der Waals surface area contributed by atoms with Gasteiger partial charge in [0.25, 0.3) is 5.91 Å². The molecule has 0 unspecified atom stereocenters. The summed E-state index contributed by atoms with van der Waals surface area (Å²) in [4.78, 5) is 14.8. The smallest absolute Gasteiger partial charge is 0.252 e. The van der Waals surface area contributed by atoms with E-state index in [1.54, 1.807) is 25.1 Å². The number of piperazine rings is 1.